The van der Waals surface area contributed by atoms with Gasteiger partial charge < -0.3 is 14.6 Å². The fourth-order valence-electron chi connectivity index (χ4n) is 3.34. The van der Waals surface area contributed by atoms with Gasteiger partial charge in [-0.2, -0.15) is 0 Å². The predicted octanol–water partition coefficient (Wildman–Crippen LogP) is 3.28. The molecule has 0 bridgehead atoms. The zero-order valence-corrected chi connectivity index (χ0v) is 15.0. The number of nitrogens with zero attached hydrogens (tertiary/aromatic N) is 4. The number of imidazole rings is 1. The van der Waals surface area contributed by atoms with Gasteiger partial charge in [0.15, 0.2) is 0 Å². The molecule has 0 saturated carbocycles. The first-order chi connectivity index (χ1) is 12.7. The molecule has 1 amide bonds. The summed E-state index contributed by atoms with van der Waals surface area (Å²) in [6.07, 6.45) is 9.10. The fourth-order valence-corrected chi connectivity index (χ4v) is 3.34. The smallest absolute Gasteiger partial charge is 0.254 e. The molecule has 6 nitrogen and oxygen atoms in total. The largest absolute Gasteiger partial charge is 0.364 e. The van der Waals surface area contributed by atoms with Crippen LogP contribution >= 0.6 is 0 Å². The average molecular weight is 349 g/mol. The van der Waals surface area contributed by atoms with Crippen LogP contribution in [0.1, 0.15) is 40.9 Å². The molecule has 0 radical (unpaired) electrons. The summed E-state index contributed by atoms with van der Waals surface area (Å²) in [5.74, 6) is 0.791. The van der Waals surface area contributed by atoms with Crippen molar-refractivity contribution in [3.8, 4) is 0 Å². The number of aromatic nitrogens is 3. The number of carbonyl (C=O) groups is 1. The van der Waals surface area contributed by atoms with E-state index in [0.29, 0.717) is 17.9 Å². The Hall–Kier alpha value is -2.89. The Morgan fingerprint density at radius 2 is 2.04 bits per heavy atom. The summed E-state index contributed by atoms with van der Waals surface area (Å²) < 4.78 is 2.01. The number of likely N-dealkylation sites (tertiary alicyclic amines) is 1. The fraction of sp³-hybridized carbons (Fsp3) is 0.350. The van der Waals surface area contributed by atoms with Gasteiger partial charge in [0.2, 0.25) is 0 Å². The maximum atomic E-state index is 12.6. The number of hydrogen-bond acceptors (Lipinski definition) is 4. The van der Waals surface area contributed by atoms with Crippen LogP contribution in [0.2, 0.25) is 0 Å². The van der Waals surface area contributed by atoms with Gasteiger partial charge in [-0.3, -0.25) is 4.79 Å². The van der Waals surface area contributed by atoms with Gasteiger partial charge >= 0.3 is 0 Å². The molecule has 1 saturated heterocycles. The van der Waals surface area contributed by atoms with E-state index >= 15 is 0 Å². The van der Waals surface area contributed by atoms with Gasteiger partial charge in [0.05, 0.1) is 12.2 Å². The highest BCUT2D eigenvalue weighted by Gasteiger charge is 2.18. The normalized spacial score (nSPS) is 14.6. The Labute approximate surface area is 152 Å². The van der Waals surface area contributed by atoms with Crippen LogP contribution in [-0.4, -0.2) is 38.3 Å². The Balaban J connectivity index is 1.45. The zero-order valence-electron chi connectivity index (χ0n) is 15.0. The van der Waals surface area contributed by atoms with Crippen molar-refractivity contribution in [2.24, 2.45) is 0 Å². The molecule has 3 aromatic heterocycles. The molecule has 4 heterocycles. The van der Waals surface area contributed by atoms with E-state index in [1.165, 1.54) is 12.0 Å². The Kier molecular flexibility index (Phi) is 4.56. The van der Waals surface area contributed by atoms with Gasteiger partial charge in [0, 0.05) is 37.2 Å². The minimum atomic E-state index is 0.0957. The summed E-state index contributed by atoms with van der Waals surface area (Å²) in [6, 6.07) is 7.73. The topological polar surface area (TPSA) is 62.5 Å². The van der Waals surface area contributed by atoms with Crippen molar-refractivity contribution >= 4 is 17.4 Å². The van der Waals surface area contributed by atoms with E-state index in [0.717, 1.165) is 37.3 Å². The van der Waals surface area contributed by atoms with Gasteiger partial charge in [-0.05, 0) is 56.0 Å². The van der Waals surface area contributed by atoms with Crippen LogP contribution in [0.5, 0.6) is 0 Å². The molecule has 134 valence electrons. The summed E-state index contributed by atoms with van der Waals surface area (Å²) in [5.41, 5.74) is 3.75. The summed E-state index contributed by atoms with van der Waals surface area (Å²) in [7, 11) is 0. The second-order valence-electron chi connectivity index (χ2n) is 6.84. The van der Waals surface area contributed by atoms with Crippen LogP contribution in [0.3, 0.4) is 0 Å². The van der Waals surface area contributed by atoms with Crippen molar-refractivity contribution in [3.05, 3.63) is 59.7 Å². The highest BCUT2D eigenvalue weighted by molar-refractivity contribution is 5.94. The van der Waals surface area contributed by atoms with Crippen molar-refractivity contribution in [2.75, 3.05) is 18.4 Å². The molecule has 0 spiro atoms. The maximum absolute atomic E-state index is 12.6. The molecule has 3 aromatic rings. The van der Waals surface area contributed by atoms with E-state index in [-0.39, 0.29) is 5.91 Å². The van der Waals surface area contributed by atoms with Crippen molar-refractivity contribution in [1.29, 1.82) is 0 Å². The van der Waals surface area contributed by atoms with Gasteiger partial charge in [0.1, 0.15) is 11.5 Å². The number of pyridine rings is 2. The predicted molar refractivity (Wildman–Crippen MR) is 101 cm³/mol. The third-order valence-electron chi connectivity index (χ3n) is 4.77. The molecule has 0 aromatic carbocycles. The van der Waals surface area contributed by atoms with Crippen molar-refractivity contribution in [1.82, 2.24) is 19.3 Å². The van der Waals surface area contributed by atoms with E-state index in [9.17, 15) is 4.79 Å². The highest BCUT2D eigenvalue weighted by atomic mass is 16.2. The highest BCUT2D eigenvalue weighted by Crippen LogP contribution is 2.15. The number of fused-ring (bicyclic) bond motifs is 1. The summed E-state index contributed by atoms with van der Waals surface area (Å²) in [6.45, 7) is 4.33. The van der Waals surface area contributed by atoms with E-state index in [4.69, 9.17) is 0 Å². The number of aryl methyl sites for hydroxylation is 1. The third-order valence-corrected chi connectivity index (χ3v) is 4.77. The van der Waals surface area contributed by atoms with Crippen LogP contribution in [0.15, 0.2) is 42.9 Å². The lowest BCUT2D eigenvalue weighted by atomic mass is 10.1. The molecule has 1 N–H and O–H groups in total. The van der Waals surface area contributed by atoms with Crippen LogP contribution in [0, 0.1) is 6.92 Å². The number of hydrogen-bond donors (Lipinski definition) is 1. The number of piperidine rings is 1. The molecule has 1 aliphatic rings. The van der Waals surface area contributed by atoms with Crippen molar-refractivity contribution < 1.29 is 4.79 Å². The maximum Gasteiger partial charge on any atom is 0.254 e. The number of rotatable bonds is 4. The summed E-state index contributed by atoms with van der Waals surface area (Å²) in [5, 5.41) is 3.28. The first-order valence-corrected chi connectivity index (χ1v) is 9.12. The molecule has 0 atom stereocenters. The molecular formula is C20H23N5O. The van der Waals surface area contributed by atoms with E-state index in [1.54, 1.807) is 12.3 Å². The first kappa shape index (κ1) is 16.6. The number of amides is 1. The molecule has 0 aliphatic carbocycles. The van der Waals surface area contributed by atoms with Crippen LogP contribution in [0.4, 0.5) is 5.82 Å². The third kappa shape index (κ3) is 3.54. The lowest BCUT2D eigenvalue weighted by Crippen LogP contribution is -2.35. The molecule has 0 unspecified atom stereocenters. The number of anilines is 1. The number of carbonyl (C=O) groups excluding carboxylic acids is 1. The quantitative estimate of drug-likeness (QED) is 0.785. The van der Waals surface area contributed by atoms with E-state index in [2.05, 4.69) is 34.3 Å². The lowest BCUT2D eigenvalue weighted by molar-refractivity contribution is 0.0724. The van der Waals surface area contributed by atoms with Crippen molar-refractivity contribution in [2.45, 2.75) is 32.7 Å². The van der Waals surface area contributed by atoms with Crippen LogP contribution < -0.4 is 5.32 Å². The van der Waals surface area contributed by atoms with Crippen molar-refractivity contribution in [3.63, 3.8) is 0 Å². The van der Waals surface area contributed by atoms with Gasteiger partial charge in [-0.25, -0.2) is 9.97 Å². The first-order valence-electron chi connectivity index (χ1n) is 9.12. The van der Waals surface area contributed by atoms with Gasteiger partial charge in [-0.1, -0.05) is 0 Å². The minimum Gasteiger partial charge on any atom is -0.364 e. The standard InChI is InChI=1S/C20H23N5O/c1-15-6-10-25-14-17(23-19(25)11-15)13-22-18-12-16(5-7-21-18)20(26)24-8-3-2-4-9-24/h5-7,10-12,14H,2-4,8-9,13H2,1H3,(H,21,22). The number of nitrogens with one attached hydrogen (secondary N) is 1. The average Bonchev–Trinajstić information content (AvgIpc) is 3.09. The summed E-state index contributed by atoms with van der Waals surface area (Å²) in [4.78, 5) is 23.5. The molecule has 26 heavy (non-hydrogen) atoms. The van der Waals surface area contributed by atoms with E-state index in [1.807, 2.05) is 27.8 Å². The lowest BCUT2D eigenvalue weighted by Gasteiger charge is -2.26. The summed E-state index contributed by atoms with van der Waals surface area (Å²) >= 11 is 0. The molecular weight excluding hydrogens is 326 g/mol. The Morgan fingerprint density at radius 1 is 1.19 bits per heavy atom. The second-order valence-corrected chi connectivity index (χ2v) is 6.84. The zero-order chi connectivity index (χ0) is 17.9. The molecule has 4 rings (SSSR count). The molecule has 1 aliphatic heterocycles. The monoisotopic (exact) mass is 349 g/mol. The van der Waals surface area contributed by atoms with Gasteiger partial charge in [0.25, 0.3) is 5.91 Å². The molecule has 1 fully saturated rings. The molecule has 6 heteroatoms. The van der Waals surface area contributed by atoms with Crippen LogP contribution in [-0.2, 0) is 6.54 Å². The minimum absolute atomic E-state index is 0.0957. The van der Waals surface area contributed by atoms with E-state index < -0.39 is 0 Å². The van der Waals surface area contributed by atoms with Gasteiger partial charge in [-0.15, -0.1) is 0 Å². The Morgan fingerprint density at radius 3 is 2.88 bits per heavy atom. The second kappa shape index (κ2) is 7.15. The SMILES string of the molecule is Cc1ccn2cc(CNc3cc(C(=O)N4CCCCC4)ccn3)nc2c1. The Bertz CT molecular complexity index is 927. The van der Waals surface area contributed by atoms with Crippen LogP contribution in [0.25, 0.3) is 5.65 Å².